The van der Waals surface area contributed by atoms with Crippen LogP contribution in [0.4, 0.5) is 23.8 Å². The molecule has 0 saturated carbocycles. The van der Waals surface area contributed by atoms with E-state index < -0.39 is 36.4 Å². The summed E-state index contributed by atoms with van der Waals surface area (Å²) in [5.74, 6) is 5.28. The number of likely N-dealkylation sites (tertiary alicyclic amines) is 1. The van der Waals surface area contributed by atoms with Gasteiger partial charge < -0.3 is 30.2 Å². The van der Waals surface area contributed by atoms with Gasteiger partial charge in [-0.1, -0.05) is 5.92 Å². The van der Waals surface area contributed by atoms with Crippen LogP contribution in [0.25, 0.3) is 0 Å². The molecular formula is C25H30F3N5O5. The van der Waals surface area contributed by atoms with E-state index in [9.17, 15) is 22.8 Å². The number of methoxy groups -OCH3 is 2. The van der Waals surface area contributed by atoms with Crippen molar-refractivity contribution in [3.05, 3.63) is 35.0 Å². The third-order valence-corrected chi connectivity index (χ3v) is 5.45. The molecule has 1 aliphatic heterocycles. The number of alkyl halides is 3. The molecule has 0 bridgehead atoms. The summed E-state index contributed by atoms with van der Waals surface area (Å²) in [6, 6.07) is 4.33. The van der Waals surface area contributed by atoms with E-state index in [2.05, 4.69) is 22.3 Å². The topological polar surface area (TPSA) is 121 Å². The first-order valence-corrected chi connectivity index (χ1v) is 11.7. The Hall–Kier alpha value is -4.08. The van der Waals surface area contributed by atoms with Crippen LogP contribution in [-0.2, 0) is 4.74 Å². The predicted molar refractivity (Wildman–Crippen MR) is 132 cm³/mol. The molecule has 13 heteroatoms. The smallest absolute Gasteiger partial charge is 0.410 e. The van der Waals surface area contributed by atoms with Crippen LogP contribution in [0.1, 0.15) is 54.8 Å². The van der Waals surface area contributed by atoms with Gasteiger partial charge in [0.25, 0.3) is 5.91 Å². The largest absolute Gasteiger partial charge is 0.497 e. The van der Waals surface area contributed by atoms with Crippen LogP contribution < -0.4 is 20.5 Å². The van der Waals surface area contributed by atoms with Crippen LogP contribution in [0.5, 0.6) is 11.5 Å². The van der Waals surface area contributed by atoms with Gasteiger partial charge in [-0.15, -0.1) is 0 Å². The molecule has 1 aromatic carbocycles. The second kappa shape index (κ2) is 11.1. The molecule has 1 aromatic heterocycles. The number of hydrogen-bond acceptors (Lipinski definition) is 7. The average molecular weight is 538 g/mol. The van der Waals surface area contributed by atoms with Crippen molar-refractivity contribution < 1.29 is 37.0 Å². The number of benzene rings is 1. The molecule has 1 fully saturated rings. The molecular weight excluding hydrogens is 507 g/mol. The van der Waals surface area contributed by atoms with Crippen LogP contribution in [0.2, 0.25) is 0 Å². The van der Waals surface area contributed by atoms with Crippen LogP contribution in [0.15, 0.2) is 18.2 Å². The molecule has 2 heterocycles. The Morgan fingerprint density at radius 3 is 2.29 bits per heavy atom. The highest BCUT2D eigenvalue weighted by Gasteiger charge is 2.35. The fourth-order valence-corrected chi connectivity index (χ4v) is 3.82. The highest BCUT2D eigenvalue weighted by Crippen LogP contribution is 2.31. The number of nitrogens with one attached hydrogen (secondary N) is 1. The average Bonchev–Trinajstić information content (AvgIpc) is 3.44. The van der Waals surface area contributed by atoms with Gasteiger partial charge in [0.15, 0.2) is 5.69 Å². The Morgan fingerprint density at radius 2 is 1.76 bits per heavy atom. The van der Waals surface area contributed by atoms with E-state index in [0.717, 1.165) is 0 Å². The lowest BCUT2D eigenvalue weighted by atomic mass is 10.1. The molecule has 206 valence electrons. The van der Waals surface area contributed by atoms with E-state index in [1.165, 1.54) is 23.8 Å². The molecule has 2 aromatic rings. The lowest BCUT2D eigenvalue weighted by Gasteiger charge is -2.24. The zero-order chi connectivity index (χ0) is 28.3. The molecule has 1 saturated heterocycles. The minimum atomic E-state index is -4.58. The van der Waals surface area contributed by atoms with Gasteiger partial charge in [0, 0.05) is 24.7 Å². The molecule has 1 atom stereocenters. The minimum absolute atomic E-state index is 0.107. The first-order valence-electron chi connectivity index (χ1n) is 11.7. The summed E-state index contributed by atoms with van der Waals surface area (Å²) in [6.45, 7) is 4.15. The molecule has 0 spiro atoms. The summed E-state index contributed by atoms with van der Waals surface area (Å²) in [5.41, 5.74) is 4.90. The first-order chi connectivity index (χ1) is 17.7. The van der Waals surface area contributed by atoms with E-state index >= 15 is 0 Å². The van der Waals surface area contributed by atoms with Gasteiger partial charge in [-0.3, -0.25) is 4.79 Å². The van der Waals surface area contributed by atoms with E-state index in [-0.39, 0.29) is 30.2 Å². The molecule has 3 N–H and O–H groups in total. The van der Waals surface area contributed by atoms with Gasteiger partial charge >= 0.3 is 12.3 Å². The van der Waals surface area contributed by atoms with Crippen molar-refractivity contribution in [2.75, 3.05) is 39.2 Å². The van der Waals surface area contributed by atoms with Crippen molar-refractivity contribution in [3.8, 4) is 23.3 Å². The number of aromatic nitrogens is 2. The molecule has 2 amide bonds. The third-order valence-electron chi connectivity index (χ3n) is 5.45. The maximum atomic E-state index is 13.1. The highest BCUT2D eigenvalue weighted by atomic mass is 19.4. The lowest BCUT2D eigenvalue weighted by molar-refractivity contribution is -0.115. The number of nitrogens with zero attached hydrogens (tertiary/aromatic N) is 3. The van der Waals surface area contributed by atoms with Gasteiger partial charge in [0.2, 0.25) is 0 Å². The first kappa shape index (κ1) is 28.5. The predicted octanol–water partition coefficient (Wildman–Crippen LogP) is 3.56. The van der Waals surface area contributed by atoms with E-state index in [4.69, 9.17) is 19.9 Å². The monoisotopic (exact) mass is 537 g/mol. The minimum Gasteiger partial charge on any atom is -0.497 e. The fourth-order valence-electron chi connectivity index (χ4n) is 3.82. The summed E-state index contributed by atoms with van der Waals surface area (Å²) in [6.07, 6.45) is -4.77. The SMILES string of the molecule is COc1cc(C#Cc2nn([C@H]3CCN(C(=O)OC(C)(C)C)C3)c(NCC(F)(F)F)c2C(N)=O)cc(OC)c1. The highest BCUT2D eigenvalue weighted by molar-refractivity contribution is 6.00. The quantitative estimate of drug-likeness (QED) is 0.541. The standard InChI is InChI=1S/C25H30F3N5O5/c1-24(2,3)38-23(35)32-9-8-16(13-32)33-22(30-14-25(26,27)28)20(21(29)34)19(31-33)7-6-15-10-17(36-4)12-18(11-15)37-5/h10-12,16,30H,8-9,13-14H2,1-5H3,(H2,29,34)/t16-/m0/s1. The number of rotatable bonds is 6. The van der Waals surface area contributed by atoms with Crippen LogP contribution in [0.3, 0.4) is 0 Å². The Balaban J connectivity index is 2.03. The number of amides is 2. The summed E-state index contributed by atoms with van der Waals surface area (Å²) in [4.78, 5) is 26.3. The molecule has 0 radical (unpaired) electrons. The molecule has 10 nitrogen and oxygen atoms in total. The number of carbonyl (C=O) groups is 2. The number of carbonyl (C=O) groups excluding carboxylic acids is 2. The zero-order valence-electron chi connectivity index (χ0n) is 21.7. The number of ether oxygens (including phenoxy) is 3. The van der Waals surface area contributed by atoms with Gasteiger partial charge in [-0.05, 0) is 45.2 Å². The Kier molecular flexibility index (Phi) is 8.34. The van der Waals surface area contributed by atoms with E-state index in [0.29, 0.717) is 23.5 Å². The summed E-state index contributed by atoms with van der Waals surface area (Å²) in [5, 5.41) is 6.60. The third kappa shape index (κ3) is 7.24. The van der Waals surface area contributed by atoms with Crippen LogP contribution in [-0.4, -0.2) is 72.3 Å². The van der Waals surface area contributed by atoms with Crippen molar-refractivity contribution in [1.82, 2.24) is 14.7 Å². The number of hydrogen-bond donors (Lipinski definition) is 2. The number of anilines is 1. The summed E-state index contributed by atoms with van der Waals surface area (Å²) >= 11 is 0. The Labute approximate surface area is 218 Å². The zero-order valence-corrected chi connectivity index (χ0v) is 21.7. The molecule has 3 rings (SSSR count). The second-order valence-electron chi connectivity index (χ2n) is 9.57. The van der Waals surface area contributed by atoms with Crippen molar-refractivity contribution in [2.45, 2.75) is 45.0 Å². The second-order valence-corrected chi connectivity index (χ2v) is 9.57. The lowest BCUT2D eigenvalue weighted by Crippen LogP contribution is -2.35. The Morgan fingerprint density at radius 1 is 1.13 bits per heavy atom. The summed E-state index contributed by atoms with van der Waals surface area (Å²) < 4.78 is 56.4. The van der Waals surface area contributed by atoms with Gasteiger partial charge in [-0.25, -0.2) is 9.48 Å². The maximum Gasteiger partial charge on any atom is 0.410 e. The Bertz CT molecular complexity index is 1230. The number of primary amides is 1. The molecule has 0 unspecified atom stereocenters. The number of nitrogens with two attached hydrogens (primary N) is 1. The normalized spacial score (nSPS) is 15.5. The van der Waals surface area contributed by atoms with Crippen molar-refractivity contribution in [2.24, 2.45) is 5.73 Å². The van der Waals surface area contributed by atoms with Crippen molar-refractivity contribution in [1.29, 1.82) is 0 Å². The number of halogens is 3. The molecule has 38 heavy (non-hydrogen) atoms. The van der Waals surface area contributed by atoms with E-state index in [1.807, 2.05) is 0 Å². The van der Waals surface area contributed by atoms with E-state index in [1.54, 1.807) is 39.0 Å². The van der Waals surface area contributed by atoms with Crippen LogP contribution in [0, 0.1) is 11.8 Å². The molecule has 0 aliphatic carbocycles. The van der Waals surface area contributed by atoms with Gasteiger partial charge in [-0.2, -0.15) is 18.3 Å². The molecule has 1 aliphatic rings. The fraction of sp³-hybridized carbons (Fsp3) is 0.480. The van der Waals surface area contributed by atoms with Crippen molar-refractivity contribution in [3.63, 3.8) is 0 Å². The van der Waals surface area contributed by atoms with Crippen molar-refractivity contribution >= 4 is 17.8 Å². The van der Waals surface area contributed by atoms with Gasteiger partial charge in [0.1, 0.15) is 35.0 Å². The van der Waals surface area contributed by atoms with Crippen LogP contribution >= 0.6 is 0 Å². The van der Waals surface area contributed by atoms with Gasteiger partial charge in [0.05, 0.1) is 20.3 Å². The summed E-state index contributed by atoms with van der Waals surface area (Å²) in [7, 11) is 2.94. The maximum absolute atomic E-state index is 13.1.